The third kappa shape index (κ3) is 2.15. The van der Waals surface area contributed by atoms with Gasteiger partial charge >= 0.3 is 0 Å². The third-order valence-corrected chi connectivity index (χ3v) is 4.34. The fourth-order valence-electron chi connectivity index (χ4n) is 2.96. The summed E-state index contributed by atoms with van der Waals surface area (Å²) >= 11 is 0. The zero-order valence-corrected chi connectivity index (χ0v) is 11.9. The Labute approximate surface area is 114 Å². The maximum absolute atomic E-state index is 6.20. The molecule has 1 atom stereocenters. The number of rotatable bonds is 1. The summed E-state index contributed by atoms with van der Waals surface area (Å²) in [6.07, 6.45) is 3.06. The van der Waals surface area contributed by atoms with Crippen LogP contribution in [0.25, 0.3) is 10.9 Å². The number of nitrogens with one attached hydrogen (secondary N) is 1. The third-order valence-electron chi connectivity index (χ3n) is 4.34. The first-order chi connectivity index (χ1) is 8.95. The highest BCUT2D eigenvalue weighted by atomic mass is 15.2. The summed E-state index contributed by atoms with van der Waals surface area (Å²) in [6, 6.07) is 4.14. The first-order valence-electron chi connectivity index (χ1n) is 6.93. The second-order valence-electron chi connectivity index (χ2n) is 6.67. The predicted molar refractivity (Wildman–Crippen MR) is 80.3 cm³/mol. The summed E-state index contributed by atoms with van der Waals surface area (Å²) in [5.74, 6) is 0.726. The van der Waals surface area contributed by atoms with Crippen molar-refractivity contribution in [3.05, 3.63) is 18.3 Å². The number of nitrogen functional groups attached to an aromatic ring is 1. The number of aromatic amines is 1. The van der Waals surface area contributed by atoms with E-state index in [9.17, 15) is 0 Å². The molecule has 1 fully saturated rings. The van der Waals surface area contributed by atoms with Crippen LogP contribution in [0.2, 0.25) is 0 Å². The zero-order valence-electron chi connectivity index (χ0n) is 11.9. The molecule has 1 aromatic heterocycles. The van der Waals surface area contributed by atoms with Gasteiger partial charge in [0.1, 0.15) is 0 Å². The van der Waals surface area contributed by atoms with E-state index in [2.05, 4.69) is 41.9 Å². The van der Waals surface area contributed by atoms with E-state index in [0.717, 1.165) is 41.3 Å². The molecule has 0 radical (unpaired) electrons. The van der Waals surface area contributed by atoms with Crippen LogP contribution in [0.5, 0.6) is 0 Å². The van der Waals surface area contributed by atoms with E-state index in [4.69, 9.17) is 5.73 Å². The van der Waals surface area contributed by atoms with Gasteiger partial charge in [0, 0.05) is 18.5 Å². The van der Waals surface area contributed by atoms with E-state index in [-0.39, 0.29) is 0 Å². The summed E-state index contributed by atoms with van der Waals surface area (Å²) in [7, 11) is 0. The SMILES string of the molecule is CC(C)(C)C1CCN(c2cc3[nH]ncc3cc2N)C1. The Hall–Kier alpha value is -1.71. The molecule has 0 amide bonds. The van der Waals surface area contributed by atoms with E-state index in [1.165, 1.54) is 6.42 Å². The molecule has 0 aliphatic carbocycles. The van der Waals surface area contributed by atoms with Crippen LogP contribution in [0.15, 0.2) is 18.3 Å². The lowest BCUT2D eigenvalue weighted by Crippen LogP contribution is -2.26. The van der Waals surface area contributed by atoms with Crippen LogP contribution >= 0.6 is 0 Å². The highest BCUT2D eigenvalue weighted by Gasteiger charge is 2.32. The number of hydrogen-bond donors (Lipinski definition) is 2. The minimum atomic E-state index is 0.363. The van der Waals surface area contributed by atoms with Crippen molar-refractivity contribution in [2.45, 2.75) is 27.2 Å². The van der Waals surface area contributed by atoms with Gasteiger partial charge in [0.2, 0.25) is 0 Å². The lowest BCUT2D eigenvalue weighted by molar-refractivity contribution is 0.263. The fraction of sp³-hybridized carbons (Fsp3) is 0.533. The number of H-pyrrole nitrogens is 1. The molecular formula is C15H22N4. The van der Waals surface area contributed by atoms with Gasteiger partial charge in [-0.1, -0.05) is 20.8 Å². The molecule has 2 heterocycles. The summed E-state index contributed by atoms with van der Waals surface area (Å²) in [6.45, 7) is 9.15. The molecule has 2 aromatic rings. The van der Waals surface area contributed by atoms with Crippen molar-refractivity contribution < 1.29 is 0 Å². The van der Waals surface area contributed by atoms with Crippen LogP contribution in [-0.4, -0.2) is 23.3 Å². The van der Waals surface area contributed by atoms with Crippen molar-refractivity contribution in [1.29, 1.82) is 0 Å². The summed E-state index contributed by atoms with van der Waals surface area (Å²) in [4.78, 5) is 2.41. The van der Waals surface area contributed by atoms with Crippen molar-refractivity contribution in [3.8, 4) is 0 Å². The van der Waals surface area contributed by atoms with Crippen LogP contribution in [0.4, 0.5) is 11.4 Å². The number of nitrogens with zero attached hydrogens (tertiary/aromatic N) is 2. The van der Waals surface area contributed by atoms with Crippen LogP contribution in [0.1, 0.15) is 27.2 Å². The van der Waals surface area contributed by atoms with Crippen molar-refractivity contribution in [2.75, 3.05) is 23.7 Å². The Kier molecular flexibility index (Phi) is 2.69. The van der Waals surface area contributed by atoms with E-state index >= 15 is 0 Å². The fourth-order valence-corrected chi connectivity index (χ4v) is 2.96. The second-order valence-corrected chi connectivity index (χ2v) is 6.67. The summed E-state index contributed by atoms with van der Waals surface area (Å²) in [5.41, 5.74) is 9.61. The van der Waals surface area contributed by atoms with Crippen molar-refractivity contribution >= 4 is 22.3 Å². The van der Waals surface area contributed by atoms with Gasteiger partial charge in [-0.05, 0) is 29.9 Å². The molecule has 1 aromatic carbocycles. The van der Waals surface area contributed by atoms with Gasteiger partial charge in [-0.25, -0.2) is 0 Å². The topological polar surface area (TPSA) is 57.9 Å². The monoisotopic (exact) mass is 258 g/mol. The van der Waals surface area contributed by atoms with E-state index in [0.29, 0.717) is 5.41 Å². The predicted octanol–water partition coefficient (Wildman–Crippen LogP) is 3.02. The van der Waals surface area contributed by atoms with E-state index < -0.39 is 0 Å². The molecule has 3 rings (SSSR count). The molecule has 19 heavy (non-hydrogen) atoms. The average molecular weight is 258 g/mol. The van der Waals surface area contributed by atoms with E-state index in [1.807, 2.05) is 12.3 Å². The van der Waals surface area contributed by atoms with Crippen molar-refractivity contribution in [1.82, 2.24) is 10.2 Å². The van der Waals surface area contributed by atoms with Gasteiger partial charge in [0.05, 0.1) is 23.1 Å². The molecule has 1 unspecified atom stereocenters. The quantitative estimate of drug-likeness (QED) is 0.773. The number of benzene rings is 1. The lowest BCUT2D eigenvalue weighted by atomic mass is 9.80. The van der Waals surface area contributed by atoms with Crippen LogP contribution < -0.4 is 10.6 Å². The molecule has 4 nitrogen and oxygen atoms in total. The highest BCUT2D eigenvalue weighted by molar-refractivity contribution is 5.89. The zero-order chi connectivity index (χ0) is 13.6. The van der Waals surface area contributed by atoms with E-state index in [1.54, 1.807) is 0 Å². The maximum atomic E-state index is 6.20. The standard InChI is InChI=1S/C15H22N4/c1-15(2,3)11-4-5-19(9-11)14-7-13-10(6-12(14)16)8-17-18-13/h6-8,11H,4-5,9,16H2,1-3H3,(H,17,18). The number of anilines is 2. The van der Waals surface area contributed by atoms with Crippen molar-refractivity contribution in [2.24, 2.45) is 11.3 Å². The average Bonchev–Trinajstić information content (AvgIpc) is 2.93. The van der Waals surface area contributed by atoms with Gasteiger partial charge in [0.25, 0.3) is 0 Å². The molecule has 4 heteroatoms. The molecule has 0 saturated carbocycles. The van der Waals surface area contributed by atoms with Crippen LogP contribution in [0, 0.1) is 11.3 Å². The lowest BCUT2D eigenvalue weighted by Gasteiger charge is -2.28. The molecule has 0 bridgehead atoms. The molecule has 102 valence electrons. The first-order valence-corrected chi connectivity index (χ1v) is 6.93. The van der Waals surface area contributed by atoms with Gasteiger partial charge in [-0.15, -0.1) is 0 Å². The highest BCUT2D eigenvalue weighted by Crippen LogP contribution is 2.38. The molecular weight excluding hydrogens is 236 g/mol. The number of nitrogens with two attached hydrogens (primary N) is 1. The van der Waals surface area contributed by atoms with Gasteiger partial charge in [-0.3, -0.25) is 5.10 Å². The van der Waals surface area contributed by atoms with Crippen LogP contribution in [0.3, 0.4) is 0 Å². The summed E-state index contributed by atoms with van der Waals surface area (Å²) in [5, 5.41) is 8.16. The number of fused-ring (bicyclic) bond motifs is 1. The van der Waals surface area contributed by atoms with Gasteiger partial charge < -0.3 is 10.6 Å². The van der Waals surface area contributed by atoms with Gasteiger partial charge in [-0.2, -0.15) is 5.10 Å². The Morgan fingerprint density at radius 3 is 2.84 bits per heavy atom. The molecule has 1 saturated heterocycles. The smallest absolute Gasteiger partial charge is 0.0672 e. The first kappa shape index (κ1) is 12.3. The molecule has 1 aliphatic heterocycles. The molecule has 1 aliphatic rings. The Bertz CT molecular complexity index is 594. The molecule has 0 spiro atoms. The summed E-state index contributed by atoms with van der Waals surface area (Å²) < 4.78 is 0. The van der Waals surface area contributed by atoms with Crippen LogP contribution in [-0.2, 0) is 0 Å². The molecule has 3 N–H and O–H groups in total. The normalized spacial score (nSPS) is 20.4. The second kappa shape index (κ2) is 4.15. The van der Waals surface area contributed by atoms with Gasteiger partial charge in [0.15, 0.2) is 0 Å². The van der Waals surface area contributed by atoms with Crippen molar-refractivity contribution in [3.63, 3.8) is 0 Å². The Balaban J connectivity index is 1.91. The Morgan fingerprint density at radius 1 is 1.37 bits per heavy atom. The number of hydrogen-bond acceptors (Lipinski definition) is 3. The Morgan fingerprint density at radius 2 is 2.16 bits per heavy atom. The number of aromatic nitrogens is 2. The largest absolute Gasteiger partial charge is 0.397 e. The maximum Gasteiger partial charge on any atom is 0.0672 e. The minimum Gasteiger partial charge on any atom is -0.397 e. The minimum absolute atomic E-state index is 0.363.